The molecule has 2 atom stereocenters. The fraction of sp³-hybridized carbons (Fsp3) is 0.625. The molecule has 0 spiro atoms. The summed E-state index contributed by atoms with van der Waals surface area (Å²) >= 11 is 0. The van der Waals surface area contributed by atoms with E-state index in [1.165, 1.54) is 33.6 Å². The van der Waals surface area contributed by atoms with E-state index in [-0.39, 0.29) is 23.0 Å². The molecule has 0 bridgehead atoms. The maximum Gasteiger partial charge on any atom is 0.500 e. The first kappa shape index (κ1) is 48.4. The van der Waals surface area contributed by atoms with E-state index in [4.69, 9.17) is 36.0 Å². The van der Waals surface area contributed by atoms with Gasteiger partial charge in [0.05, 0.1) is 25.4 Å². The van der Waals surface area contributed by atoms with E-state index < -0.39 is 17.6 Å². The average Bonchev–Trinajstić information content (AvgIpc) is 4.19. The molecule has 10 nitrogen and oxygen atoms in total. The third-order valence-electron chi connectivity index (χ3n) is 11.9. The maximum atomic E-state index is 6.13. The Morgan fingerprint density at radius 3 is 0.950 bits per heavy atom. The van der Waals surface area contributed by atoms with Crippen molar-refractivity contribution >= 4 is 29.0 Å². The van der Waals surface area contributed by atoms with Crippen LogP contribution in [0.2, 0.25) is 12.1 Å². The molecule has 0 radical (unpaired) electrons. The van der Waals surface area contributed by atoms with Crippen molar-refractivity contribution in [2.45, 2.75) is 117 Å². The fourth-order valence-corrected chi connectivity index (χ4v) is 13.5. The molecular formula is C48H76N2O8Si2. The second-order valence-corrected chi connectivity index (χ2v) is 22.4. The number of anilines is 2. The molecule has 2 aliphatic heterocycles. The van der Waals surface area contributed by atoms with Crippen LogP contribution in [0.5, 0.6) is 0 Å². The number of ether oxygens (including phenoxy) is 2. The van der Waals surface area contributed by atoms with Crippen LogP contribution in [0.25, 0.3) is 0 Å². The number of epoxide rings is 2. The van der Waals surface area contributed by atoms with Gasteiger partial charge < -0.3 is 45.8 Å². The van der Waals surface area contributed by atoms with Crippen molar-refractivity contribution < 1.29 is 36.0 Å². The van der Waals surface area contributed by atoms with Crippen molar-refractivity contribution in [1.29, 1.82) is 0 Å². The van der Waals surface area contributed by atoms with E-state index in [9.17, 15) is 0 Å². The molecular weight excluding hydrogens is 789 g/mol. The second-order valence-electron chi connectivity index (χ2n) is 16.9. The summed E-state index contributed by atoms with van der Waals surface area (Å²) < 4.78 is 48.1. The Morgan fingerprint density at radius 2 is 0.717 bits per heavy atom. The van der Waals surface area contributed by atoms with Gasteiger partial charge in [-0.1, -0.05) is 76.2 Å². The average molecular weight is 865 g/mol. The Labute approximate surface area is 364 Å². The number of hydrogen-bond acceptors (Lipinski definition) is 10. The molecule has 3 aromatic rings. The van der Waals surface area contributed by atoms with E-state index in [1.54, 1.807) is 0 Å². The Hall–Kier alpha value is -2.63. The SMILES string of the molecule is CCO[Si](CCCN(CC1CO1)c1ccc(C(C)(C)c2ccc(C(C)(C)c3ccc(N(CCC[Si](OCC)(OCC)OCC)CC4CO4)cc3)cc2)cc1)(OCC)OCC. The molecule has 0 aromatic heterocycles. The lowest BCUT2D eigenvalue weighted by atomic mass is 9.74. The van der Waals surface area contributed by atoms with E-state index in [2.05, 4.69) is 110 Å². The zero-order valence-electron chi connectivity index (χ0n) is 38.6. The van der Waals surface area contributed by atoms with E-state index in [1.807, 2.05) is 41.5 Å². The predicted molar refractivity (Wildman–Crippen MR) is 248 cm³/mol. The van der Waals surface area contributed by atoms with E-state index in [0.717, 1.165) is 64.3 Å². The summed E-state index contributed by atoms with van der Waals surface area (Å²) in [6.07, 6.45) is 2.43. The molecule has 2 aliphatic rings. The number of nitrogens with zero attached hydrogens (tertiary/aromatic N) is 2. The smallest absolute Gasteiger partial charge is 0.374 e. The van der Waals surface area contributed by atoms with Crippen molar-refractivity contribution in [2.75, 3.05) is 88.8 Å². The van der Waals surface area contributed by atoms with Gasteiger partial charge in [0.1, 0.15) is 0 Å². The molecule has 12 heteroatoms. The molecule has 0 amide bonds. The molecule has 0 saturated carbocycles. The van der Waals surface area contributed by atoms with E-state index >= 15 is 0 Å². The molecule has 2 fully saturated rings. The molecule has 2 unspecified atom stereocenters. The summed E-state index contributed by atoms with van der Waals surface area (Å²) in [5.41, 5.74) is 7.24. The van der Waals surface area contributed by atoms with Crippen molar-refractivity contribution in [1.82, 2.24) is 0 Å². The van der Waals surface area contributed by atoms with E-state index in [0.29, 0.717) is 39.6 Å². The normalized spacial score (nSPS) is 16.9. The van der Waals surface area contributed by atoms with Gasteiger partial charge in [-0.15, -0.1) is 0 Å². The zero-order valence-corrected chi connectivity index (χ0v) is 40.6. The molecule has 2 heterocycles. The van der Waals surface area contributed by atoms with Crippen molar-refractivity contribution in [3.8, 4) is 0 Å². The minimum absolute atomic E-state index is 0.171. The van der Waals surface area contributed by atoms with Gasteiger partial charge in [0, 0.05) is 100 Å². The van der Waals surface area contributed by atoms with Crippen molar-refractivity contribution in [3.05, 3.63) is 95.1 Å². The molecule has 0 N–H and O–H groups in total. The van der Waals surface area contributed by atoms with Crippen molar-refractivity contribution in [2.24, 2.45) is 0 Å². The lowest BCUT2D eigenvalue weighted by Gasteiger charge is -2.32. The highest BCUT2D eigenvalue weighted by molar-refractivity contribution is 6.61. The molecule has 60 heavy (non-hydrogen) atoms. The van der Waals surface area contributed by atoms with Crippen LogP contribution in [0.3, 0.4) is 0 Å². The number of rotatable bonds is 30. The highest BCUT2D eigenvalue weighted by atomic mass is 28.4. The van der Waals surface area contributed by atoms with Gasteiger partial charge in [-0.3, -0.25) is 0 Å². The second kappa shape index (κ2) is 22.6. The molecule has 334 valence electrons. The molecule has 2 saturated heterocycles. The lowest BCUT2D eigenvalue weighted by molar-refractivity contribution is 0.0701. The van der Waals surface area contributed by atoms with Crippen LogP contribution in [0, 0.1) is 0 Å². The van der Waals surface area contributed by atoms with Gasteiger partial charge in [-0.25, -0.2) is 0 Å². The first-order chi connectivity index (χ1) is 28.9. The summed E-state index contributed by atoms with van der Waals surface area (Å²) in [7, 11) is -5.38. The Kier molecular flexibility index (Phi) is 18.3. The quantitative estimate of drug-likeness (QED) is 0.0477. The molecule has 5 rings (SSSR count). The van der Waals surface area contributed by atoms with Gasteiger partial charge in [-0.2, -0.15) is 0 Å². The Balaban J connectivity index is 1.24. The van der Waals surface area contributed by atoms with Crippen LogP contribution in [0.4, 0.5) is 11.4 Å². The van der Waals surface area contributed by atoms with Crippen molar-refractivity contribution in [3.63, 3.8) is 0 Å². The van der Waals surface area contributed by atoms with Gasteiger partial charge in [0.25, 0.3) is 0 Å². The summed E-state index contributed by atoms with van der Waals surface area (Å²) in [5, 5.41) is 0. The standard InChI is InChI=1S/C48H76N2O8Si2/c1-11-53-59(54-12-2,55-13-3)33-17-31-49(35-45-37-51-45)43-27-23-41(24-28-43)47(7,8)39-19-21-40(22-20-39)48(9,10)42-25-29-44(30-26-42)50(36-46-38-52-46)32-18-34-60(56-14-4,57-15-5)58-16-6/h19-30,45-46H,11-18,31-38H2,1-10H3. The predicted octanol–water partition coefficient (Wildman–Crippen LogP) is 9.63. The van der Waals surface area contributed by atoms with Gasteiger partial charge in [0.15, 0.2) is 0 Å². The Morgan fingerprint density at radius 1 is 0.467 bits per heavy atom. The van der Waals surface area contributed by atoms with Crippen LogP contribution in [-0.4, -0.2) is 109 Å². The topological polar surface area (TPSA) is 86.9 Å². The fourth-order valence-electron chi connectivity index (χ4n) is 8.28. The summed E-state index contributed by atoms with van der Waals surface area (Å²) in [4.78, 5) is 4.89. The highest BCUT2D eigenvalue weighted by Crippen LogP contribution is 2.37. The summed E-state index contributed by atoms with van der Waals surface area (Å²) in [6.45, 7) is 30.1. The zero-order chi connectivity index (χ0) is 43.2. The minimum Gasteiger partial charge on any atom is -0.374 e. The minimum atomic E-state index is -2.69. The molecule has 3 aromatic carbocycles. The number of hydrogen-bond donors (Lipinski definition) is 0. The van der Waals surface area contributed by atoms with Crippen LogP contribution < -0.4 is 9.80 Å². The Bertz CT molecular complexity index is 1530. The van der Waals surface area contributed by atoms with Gasteiger partial charge >= 0.3 is 17.6 Å². The number of benzene rings is 3. The largest absolute Gasteiger partial charge is 0.500 e. The van der Waals surface area contributed by atoms with Gasteiger partial charge in [-0.05, 0) is 101 Å². The van der Waals surface area contributed by atoms with Crippen LogP contribution >= 0.6 is 0 Å². The summed E-state index contributed by atoms with van der Waals surface area (Å²) in [5.74, 6) is 0. The maximum absolute atomic E-state index is 6.13. The first-order valence-corrected chi connectivity index (χ1v) is 26.6. The highest BCUT2D eigenvalue weighted by Gasteiger charge is 2.41. The van der Waals surface area contributed by atoms with Crippen LogP contribution in [0.15, 0.2) is 72.8 Å². The van der Waals surface area contributed by atoms with Crippen LogP contribution in [-0.2, 0) is 46.9 Å². The van der Waals surface area contributed by atoms with Crippen LogP contribution in [0.1, 0.15) is 104 Å². The third-order valence-corrected chi connectivity index (χ3v) is 18.2. The monoisotopic (exact) mass is 865 g/mol. The van der Waals surface area contributed by atoms with Gasteiger partial charge in [0.2, 0.25) is 0 Å². The first-order valence-electron chi connectivity index (χ1n) is 22.8. The third kappa shape index (κ3) is 13.2. The lowest BCUT2D eigenvalue weighted by Crippen LogP contribution is -2.46. The summed E-state index contributed by atoms with van der Waals surface area (Å²) in [6, 6.07) is 29.1. The molecule has 0 aliphatic carbocycles.